The molecule has 8 heteroatoms. The van der Waals surface area contributed by atoms with Crippen LogP contribution in [-0.2, 0) is 19.6 Å². The number of ether oxygens (including phenoxy) is 2. The Balaban J connectivity index is 1.83. The number of rotatable bonds is 28. The predicted molar refractivity (Wildman–Crippen MR) is 181 cm³/mol. The van der Waals surface area contributed by atoms with Crippen LogP contribution in [0.5, 0.6) is 11.5 Å². The fourth-order valence-electron chi connectivity index (χ4n) is 4.84. The maximum absolute atomic E-state index is 12.7. The van der Waals surface area contributed by atoms with Crippen molar-refractivity contribution in [2.75, 3.05) is 13.2 Å². The van der Waals surface area contributed by atoms with Gasteiger partial charge in [0.05, 0.1) is 24.3 Å². The van der Waals surface area contributed by atoms with E-state index in [9.17, 15) is 9.59 Å². The lowest BCUT2D eigenvalue weighted by molar-refractivity contribution is -0.421. The molecule has 0 heterocycles. The number of benzene rings is 2. The van der Waals surface area contributed by atoms with E-state index < -0.39 is 18.2 Å². The van der Waals surface area contributed by atoms with Crippen molar-refractivity contribution in [1.82, 2.24) is 0 Å². The highest BCUT2D eigenvalue weighted by atomic mass is 17.3. The Labute approximate surface area is 277 Å². The van der Waals surface area contributed by atoms with E-state index >= 15 is 0 Å². The summed E-state index contributed by atoms with van der Waals surface area (Å²) in [6, 6.07) is 13.4. The number of unbranched alkanes of at least 4 members (excludes halogenated alkanes) is 14. The van der Waals surface area contributed by atoms with Crippen molar-refractivity contribution in [3.63, 3.8) is 0 Å². The second-order valence-corrected chi connectivity index (χ2v) is 11.8. The van der Waals surface area contributed by atoms with Crippen LogP contribution in [0.3, 0.4) is 0 Å². The van der Waals surface area contributed by atoms with Crippen LogP contribution >= 0.6 is 0 Å². The molecule has 0 aromatic heterocycles. The molecule has 0 atom stereocenters. The molecule has 0 N–H and O–H groups in total. The Hall–Kier alpha value is -3.10. The van der Waals surface area contributed by atoms with Crippen LogP contribution in [0.1, 0.15) is 157 Å². The highest BCUT2D eigenvalue weighted by molar-refractivity contribution is 5.89. The second kappa shape index (κ2) is 26.0. The summed E-state index contributed by atoms with van der Waals surface area (Å²) in [4.78, 5) is 46.2. The van der Waals surface area contributed by atoms with Crippen LogP contribution in [0.4, 0.5) is 0 Å². The first kappa shape index (κ1) is 39.1. The van der Waals surface area contributed by atoms with Gasteiger partial charge in [-0.3, -0.25) is 9.78 Å². The number of carbonyl (C=O) groups is 2. The van der Waals surface area contributed by atoms with Crippen LogP contribution in [0, 0.1) is 0 Å². The van der Waals surface area contributed by atoms with Gasteiger partial charge in [-0.25, -0.2) is 9.59 Å². The molecule has 8 nitrogen and oxygen atoms in total. The monoisotopic (exact) mass is 642 g/mol. The summed E-state index contributed by atoms with van der Waals surface area (Å²) in [6.07, 6.45) is 18.7. The smallest absolute Gasteiger partial charge is 0.373 e. The standard InChI is InChI=1S/C38H58O8/c1-4-7-10-13-14-15-16-17-18-21-36(43-45-37(39)32-22-26-34(27-23-32)41-30-19-11-8-5-2)44-46-38(40)33-24-28-35(29-25-33)42-31-20-12-9-6-3/h22-29,36H,4-21,30-31H2,1-3H3. The Morgan fingerprint density at radius 2 is 0.826 bits per heavy atom. The van der Waals surface area contributed by atoms with Crippen molar-refractivity contribution in [2.24, 2.45) is 0 Å². The molecule has 0 bridgehead atoms. The Morgan fingerprint density at radius 3 is 1.22 bits per heavy atom. The maximum atomic E-state index is 12.7. The minimum atomic E-state index is -1.06. The topological polar surface area (TPSA) is 89.5 Å². The molecule has 0 amide bonds. The summed E-state index contributed by atoms with van der Waals surface area (Å²) in [6.45, 7) is 7.85. The van der Waals surface area contributed by atoms with Crippen molar-refractivity contribution in [1.29, 1.82) is 0 Å². The van der Waals surface area contributed by atoms with E-state index in [1.54, 1.807) is 48.5 Å². The minimum Gasteiger partial charge on any atom is -0.494 e. The third-order valence-corrected chi connectivity index (χ3v) is 7.72. The molecule has 0 radical (unpaired) electrons. The minimum absolute atomic E-state index is 0.310. The van der Waals surface area contributed by atoms with Crippen molar-refractivity contribution in [3.05, 3.63) is 59.7 Å². The molecule has 0 saturated carbocycles. The molecular weight excluding hydrogens is 584 g/mol. The Morgan fingerprint density at radius 1 is 0.478 bits per heavy atom. The first-order chi connectivity index (χ1) is 22.6. The summed E-state index contributed by atoms with van der Waals surface area (Å²) >= 11 is 0. The molecule has 0 aliphatic heterocycles. The van der Waals surface area contributed by atoms with Gasteiger partial charge in [0.15, 0.2) is 0 Å². The fourth-order valence-corrected chi connectivity index (χ4v) is 4.84. The molecule has 0 saturated heterocycles. The van der Waals surface area contributed by atoms with E-state index in [0.29, 0.717) is 42.3 Å². The fraction of sp³-hybridized carbons (Fsp3) is 0.632. The van der Waals surface area contributed by atoms with Gasteiger partial charge in [-0.1, -0.05) is 111 Å². The largest absolute Gasteiger partial charge is 0.494 e. The van der Waals surface area contributed by atoms with Gasteiger partial charge in [0.1, 0.15) is 11.5 Å². The highest BCUT2D eigenvalue weighted by Gasteiger charge is 2.20. The van der Waals surface area contributed by atoms with E-state index in [1.807, 2.05) is 0 Å². The molecule has 2 rings (SSSR count). The van der Waals surface area contributed by atoms with Crippen molar-refractivity contribution in [2.45, 2.75) is 143 Å². The molecule has 2 aromatic rings. The lowest BCUT2D eigenvalue weighted by atomic mass is 10.1. The Kier molecular flexibility index (Phi) is 22.1. The average Bonchev–Trinajstić information content (AvgIpc) is 3.08. The summed E-state index contributed by atoms with van der Waals surface area (Å²) in [5, 5.41) is 0. The SMILES string of the molecule is CCCCCCCCCCCC(OOC(=O)c1ccc(OCCCCCC)cc1)OOC(=O)c1ccc(OCCCCCC)cc1. The number of hydrogen-bond donors (Lipinski definition) is 0. The molecule has 0 aliphatic rings. The third-order valence-electron chi connectivity index (χ3n) is 7.72. The first-order valence-electron chi connectivity index (χ1n) is 17.8. The van der Waals surface area contributed by atoms with Crippen LogP contribution in [0.15, 0.2) is 48.5 Å². The quantitative estimate of drug-likeness (QED) is 0.0392. The van der Waals surface area contributed by atoms with Gasteiger partial charge in [0, 0.05) is 6.42 Å². The summed E-state index contributed by atoms with van der Waals surface area (Å²) in [5.74, 6) is 0.0385. The zero-order chi connectivity index (χ0) is 33.1. The second-order valence-electron chi connectivity index (χ2n) is 11.8. The van der Waals surface area contributed by atoms with Gasteiger partial charge >= 0.3 is 11.9 Å². The van der Waals surface area contributed by atoms with Gasteiger partial charge in [-0.2, -0.15) is 0 Å². The summed E-state index contributed by atoms with van der Waals surface area (Å²) in [7, 11) is 0. The zero-order valence-corrected chi connectivity index (χ0v) is 28.6. The van der Waals surface area contributed by atoms with E-state index in [-0.39, 0.29) is 0 Å². The lowest BCUT2D eigenvalue weighted by Gasteiger charge is -2.15. The lowest BCUT2D eigenvalue weighted by Crippen LogP contribution is -2.22. The van der Waals surface area contributed by atoms with Gasteiger partial charge in [0.25, 0.3) is 0 Å². The summed E-state index contributed by atoms with van der Waals surface area (Å²) < 4.78 is 11.5. The molecule has 0 aliphatic carbocycles. The molecular formula is C38H58O8. The van der Waals surface area contributed by atoms with Crippen molar-refractivity contribution >= 4 is 11.9 Å². The van der Waals surface area contributed by atoms with Gasteiger partial charge in [-0.15, -0.1) is 9.78 Å². The van der Waals surface area contributed by atoms with Crippen LogP contribution in [0.2, 0.25) is 0 Å². The summed E-state index contributed by atoms with van der Waals surface area (Å²) in [5.41, 5.74) is 0.620. The normalized spacial score (nSPS) is 11.0. The van der Waals surface area contributed by atoms with Crippen molar-refractivity contribution in [3.8, 4) is 11.5 Å². The van der Waals surface area contributed by atoms with Crippen LogP contribution < -0.4 is 9.47 Å². The molecule has 46 heavy (non-hydrogen) atoms. The first-order valence-corrected chi connectivity index (χ1v) is 17.8. The van der Waals surface area contributed by atoms with E-state index in [0.717, 1.165) is 44.9 Å². The van der Waals surface area contributed by atoms with E-state index in [2.05, 4.69) is 20.8 Å². The van der Waals surface area contributed by atoms with E-state index in [1.165, 1.54) is 64.2 Å². The van der Waals surface area contributed by atoms with Crippen LogP contribution in [0.25, 0.3) is 0 Å². The third kappa shape index (κ3) is 18.1. The predicted octanol–water partition coefficient (Wildman–Crippen LogP) is 10.7. The van der Waals surface area contributed by atoms with Gasteiger partial charge in [0.2, 0.25) is 6.29 Å². The average molecular weight is 643 g/mol. The van der Waals surface area contributed by atoms with Gasteiger partial charge in [-0.05, 0) is 67.8 Å². The molecule has 0 spiro atoms. The molecule has 258 valence electrons. The van der Waals surface area contributed by atoms with Crippen molar-refractivity contribution < 1.29 is 38.6 Å². The zero-order valence-electron chi connectivity index (χ0n) is 28.6. The maximum Gasteiger partial charge on any atom is 0.373 e. The van der Waals surface area contributed by atoms with E-state index in [4.69, 9.17) is 29.0 Å². The highest BCUT2D eigenvalue weighted by Crippen LogP contribution is 2.18. The van der Waals surface area contributed by atoms with Gasteiger partial charge < -0.3 is 9.47 Å². The number of hydrogen-bond acceptors (Lipinski definition) is 8. The number of carbonyl (C=O) groups excluding carboxylic acids is 2. The molecule has 0 fully saturated rings. The molecule has 2 aromatic carbocycles. The Bertz CT molecular complexity index is 964. The molecule has 0 unspecified atom stereocenters. The van der Waals surface area contributed by atoms with Crippen LogP contribution in [-0.4, -0.2) is 31.4 Å².